The van der Waals surface area contributed by atoms with E-state index in [1.54, 1.807) is 30.3 Å². The quantitative estimate of drug-likeness (QED) is 0.528. The number of hydrogen-bond donors (Lipinski definition) is 0. The number of para-hydroxylation sites is 1. The van der Waals surface area contributed by atoms with Gasteiger partial charge < -0.3 is 9.47 Å². The smallest absolute Gasteiger partial charge is 0.311 e. The number of nitriles is 1. The van der Waals surface area contributed by atoms with Gasteiger partial charge in [-0.15, -0.1) is 0 Å². The van der Waals surface area contributed by atoms with E-state index in [9.17, 15) is 10.1 Å². The van der Waals surface area contributed by atoms with Gasteiger partial charge in [-0.05, 0) is 41.7 Å². The van der Waals surface area contributed by atoms with Crippen molar-refractivity contribution in [1.29, 1.82) is 5.26 Å². The first-order valence-electron chi connectivity index (χ1n) is 8.78. The summed E-state index contributed by atoms with van der Waals surface area (Å²) in [6, 6.07) is 18.3. The van der Waals surface area contributed by atoms with Gasteiger partial charge in [-0.1, -0.05) is 67.4 Å². The second-order valence-electron chi connectivity index (χ2n) is 7.21. The third-order valence-corrected chi connectivity index (χ3v) is 5.24. The van der Waals surface area contributed by atoms with Gasteiger partial charge in [-0.2, -0.15) is 5.26 Å². The Morgan fingerprint density at radius 3 is 2.29 bits per heavy atom. The zero-order valence-electron chi connectivity index (χ0n) is 15.4. The molecule has 28 heavy (non-hydrogen) atoms. The van der Waals surface area contributed by atoms with E-state index < -0.39 is 12.1 Å². The van der Waals surface area contributed by atoms with E-state index >= 15 is 0 Å². The summed E-state index contributed by atoms with van der Waals surface area (Å²) in [6.45, 7) is 3.88. The van der Waals surface area contributed by atoms with Crippen molar-refractivity contribution < 1.29 is 14.3 Å². The van der Waals surface area contributed by atoms with Gasteiger partial charge in [0.1, 0.15) is 22.1 Å². The van der Waals surface area contributed by atoms with E-state index in [1.807, 2.05) is 50.2 Å². The molecule has 0 aromatic heterocycles. The highest BCUT2D eigenvalue weighted by molar-refractivity contribution is 6.55. The highest BCUT2D eigenvalue weighted by Crippen LogP contribution is 2.60. The Morgan fingerprint density at radius 1 is 1.11 bits per heavy atom. The summed E-state index contributed by atoms with van der Waals surface area (Å²) in [5.74, 6) is 0.425. The summed E-state index contributed by atoms with van der Waals surface area (Å²) in [4.78, 5) is 12.6. The molecule has 4 nitrogen and oxygen atoms in total. The Morgan fingerprint density at radius 2 is 1.71 bits per heavy atom. The molecular weight excluding hydrogens is 397 g/mol. The van der Waals surface area contributed by atoms with Crippen LogP contribution in [0.25, 0.3) is 0 Å². The molecule has 1 aliphatic rings. The molecule has 1 saturated carbocycles. The fraction of sp³-hybridized carbons (Fsp3) is 0.273. The van der Waals surface area contributed by atoms with Crippen LogP contribution in [0.15, 0.2) is 65.2 Å². The van der Waals surface area contributed by atoms with Crippen LogP contribution in [0, 0.1) is 28.6 Å². The van der Waals surface area contributed by atoms with Crippen molar-refractivity contribution >= 4 is 29.2 Å². The minimum Gasteiger partial charge on any atom is -0.457 e. The number of esters is 1. The Hall–Kier alpha value is -2.48. The Kier molecular flexibility index (Phi) is 5.98. The van der Waals surface area contributed by atoms with E-state index in [1.165, 1.54) is 0 Å². The fourth-order valence-electron chi connectivity index (χ4n) is 3.27. The standard InChI is InChI=1S/C22H19Cl2NO3/c1-22(2)17(12-19(23)24)20(22)21(26)28-18(13-25)14-8-10-16(11-9-14)27-15-6-4-3-5-7-15/h3-12,17-18,20H,1-2H3. The van der Waals surface area contributed by atoms with Gasteiger partial charge in [0.25, 0.3) is 0 Å². The van der Waals surface area contributed by atoms with Crippen molar-refractivity contribution in [3.8, 4) is 17.6 Å². The van der Waals surface area contributed by atoms with Gasteiger partial charge in [-0.3, -0.25) is 4.79 Å². The maximum atomic E-state index is 12.6. The highest BCUT2D eigenvalue weighted by Gasteiger charge is 2.62. The second-order valence-corrected chi connectivity index (χ2v) is 8.22. The van der Waals surface area contributed by atoms with Crippen molar-refractivity contribution in [3.05, 3.63) is 70.7 Å². The van der Waals surface area contributed by atoms with Crippen LogP contribution in [0.3, 0.4) is 0 Å². The molecule has 3 rings (SSSR count). The molecule has 2 aromatic rings. The lowest BCUT2D eigenvalue weighted by Crippen LogP contribution is -2.14. The molecule has 0 saturated heterocycles. The first-order valence-corrected chi connectivity index (χ1v) is 9.54. The summed E-state index contributed by atoms with van der Waals surface area (Å²) in [5.41, 5.74) is 0.275. The van der Waals surface area contributed by atoms with Gasteiger partial charge in [0.05, 0.1) is 5.92 Å². The topological polar surface area (TPSA) is 59.3 Å². The monoisotopic (exact) mass is 415 g/mol. The molecule has 0 N–H and O–H groups in total. The molecule has 3 atom stereocenters. The van der Waals surface area contributed by atoms with Gasteiger partial charge in [-0.25, -0.2) is 0 Å². The lowest BCUT2D eigenvalue weighted by molar-refractivity contribution is -0.149. The van der Waals surface area contributed by atoms with Gasteiger partial charge in [0.2, 0.25) is 6.10 Å². The maximum Gasteiger partial charge on any atom is 0.311 e. The minimum atomic E-state index is -0.995. The minimum absolute atomic E-state index is 0.106. The van der Waals surface area contributed by atoms with Crippen molar-refractivity contribution in [2.75, 3.05) is 0 Å². The first kappa shape index (κ1) is 20.3. The van der Waals surface area contributed by atoms with Crippen molar-refractivity contribution in [1.82, 2.24) is 0 Å². The third-order valence-electron chi connectivity index (χ3n) is 4.98. The Balaban J connectivity index is 1.66. The van der Waals surface area contributed by atoms with Crippen molar-refractivity contribution in [3.63, 3.8) is 0 Å². The van der Waals surface area contributed by atoms with E-state index in [2.05, 4.69) is 0 Å². The molecule has 3 unspecified atom stereocenters. The predicted octanol–water partition coefficient (Wildman–Crippen LogP) is 6.18. The van der Waals surface area contributed by atoms with Gasteiger partial charge in [0, 0.05) is 5.56 Å². The number of allylic oxidation sites excluding steroid dienone is 1. The van der Waals surface area contributed by atoms with Crippen molar-refractivity contribution in [2.45, 2.75) is 20.0 Å². The largest absolute Gasteiger partial charge is 0.457 e. The zero-order chi connectivity index (χ0) is 20.3. The molecule has 0 aliphatic heterocycles. The average molecular weight is 416 g/mol. The van der Waals surface area contributed by atoms with E-state index in [0.29, 0.717) is 17.1 Å². The molecule has 1 fully saturated rings. The summed E-state index contributed by atoms with van der Waals surface area (Å²) in [7, 11) is 0. The molecule has 1 aliphatic carbocycles. The Labute approximate surface area is 174 Å². The average Bonchev–Trinajstić information content (AvgIpc) is 3.20. The van der Waals surface area contributed by atoms with Crippen LogP contribution in [0.1, 0.15) is 25.5 Å². The number of hydrogen-bond acceptors (Lipinski definition) is 4. The fourth-order valence-corrected chi connectivity index (χ4v) is 3.54. The SMILES string of the molecule is CC1(C)C(C=C(Cl)Cl)C1C(=O)OC(C#N)c1ccc(Oc2ccccc2)cc1. The summed E-state index contributed by atoms with van der Waals surface area (Å²) in [6.07, 6.45) is 0.650. The van der Waals surface area contributed by atoms with Crippen LogP contribution in [-0.2, 0) is 9.53 Å². The number of rotatable bonds is 6. The molecular formula is C22H19Cl2NO3. The predicted molar refractivity (Wildman–Crippen MR) is 108 cm³/mol. The molecule has 0 bridgehead atoms. The highest BCUT2D eigenvalue weighted by atomic mass is 35.5. The number of carbonyl (C=O) groups excluding carboxylic acids is 1. The molecule has 144 valence electrons. The van der Waals surface area contributed by atoms with E-state index in [4.69, 9.17) is 32.7 Å². The van der Waals surface area contributed by atoms with Crippen LogP contribution in [0.4, 0.5) is 0 Å². The summed E-state index contributed by atoms with van der Waals surface area (Å²) in [5, 5.41) is 9.46. The number of ether oxygens (including phenoxy) is 2. The lowest BCUT2D eigenvalue weighted by atomic mass is 10.1. The van der Waals surface area contributed by atoms with Crippen LogP contribution >= 0.6 is 23.2 Å². The van der Waals surface area contributed by atoms with Crippen LogP contribution in [0.5, 0.6) is 11.5 Å². The van der Waals surface area contributed by atoms with Gasteiger partial charge >= 0.3 is 5.97 Å². The zero-order valence-corrected chi connectivity index (χ0v) is 16.9. The molecule has 0 spiro atoms. The van der Waals surface area contributed by atoms with Crippen LogP contribution in [0.2, 0.25) is 0 Å². The number of halogens is 2. The molecule has 6 heteroatoms. The lowest BCUT2D eigenvalue weighted by Gasteiger charge is -2.13. The normalized spacial score (nSPS) is 20.4. The first-order chi connectivity index (χ1) is 13.3. The number of carbonyl (C=O) groups is 1. The molecule has 0 radical (unpaired) electrons. The van der Waals surface area contributed by atoms with Crippen LogP contribution in [-0.4, -0.2) is 5.97 Å². The molecule has 2 aromatic carbocycles. The third kappa shape index (κ3) is 4.49. The Bertz CT molecular complexity index is 913. The van der Waals surface area contributed by atoms with E-state index in [-0.39, 0.29) is 21.7 Å². The number of benzene rings is 2. The number of nitrogens with zero attached hydrogens (tertiary/aromatic N) is 1. The molecule has 0 heterocycles. The van der Waals surface area contributed by atoms with Crippen molar-refractivity contribution in [2.24, 2.45) is 17.3 Å². The maximum absolute atomic E-state index is 12.6. The summed E-state index contributed by atoms with van der Waals surface area (Å²) < 4.78 is 11.3. The van der Waals surface area contributed by atoms with Gasteiger partial charge in [0.15, 0.2) is 0 Å². The van der Waals surface area contributed by atoms with E-state index in [0.717, 1.165) is 0 Å². The van der Waals surface area contributed by atoms with Crippen LogP contribution < -0.4 is 4.74 Å². The summed E-state index contributed by atoms with van der Waals surface area (Å²) >= 11 is 11.4. The molecule has 0 amide bonds. The second kappa shape index (κ2) is 8.26.